The summed E-state index contributed by atoms with van der Waals surface area (Å²) in [5.41, 5.74) is 3.88. The third kappa shape index (κ3) is 9.00. The summed E-state index contributed by atoms with van der Waals surface area (Å²) < 4.78 is 0. The zero-order chi connectivity index (χ0) is 26.7. The molecule has 1 aliphatic rings. The molecule has 1 fully saturated rings. The van der Waals surface area contributed by atoms with Gasteiger partial charge < -0.3 is 26.2 Å². The van der Waals surface area contributed by atoms with Crippen molar-refractivity contribution in [1.82, 2.24) is 30.1 Å². The fourth-order valence-electron chi connectivity index (χ4n) is 4.42. The lowest BCUT2D eigenvalue weighted by atomic mass is 10.1. The topological polar surface area (TPSA) is 122 Å². The molecule has 0 radical (unpaired) electrons. The van der Waals surface area contributed by atoms with Gasteiger partial charge >= 0.3 is 0 Å². The van der Waals surface area contributed by atoms with Crippen LogP contribution >= 0.6 is 0 Å². The first-order chi connectivity index (χ1) is 18.4. The Morgan fingerprint density at radius 2 is 1.76 bits per heavy atom. The predicted octanol–water partition coefficient (Wildman–Crippen LogP) is 2.51. The molecular weight excluding hydrogens is 480 g/mol. The minimum Gasteiger partial charge on any atom is -0.370 e. The Hall–Kier alpha value is -3.15. The van der Waals surface area contributed by atoms with E-state index < -0.39 is 6.29 Å². The van der Waals surface area contributed by atoms with Crippen LogP contribution in [0.5, 0.6) is 0 Å². The van der Waals surface area contributed by atoms with E-state index in [1.54, 1.807) is 6.20 Å². The molecule has 10 nitrogen and oxygen atoms in total. The van der Waals surface area contributed by atoms with E-state index >= 15 is 0 Å². The van der Waals surface area contributed by atoms with Crippen LogP contribution in [0.25, 0.3) is 11.3 Å². The number of piperazine rings is 1. The molecule has 4 rings (SSSR count). The summed E-state index contributed by atoms with van der Waals surface area (Å²) in [6.07, 6.45) is 3.36. The van der Waals surface area contributed by atoms with E-state index in [0.717, 1.165) is 75.0 Å². The number of β-amino-alcohol motifs (C(OH)–C–C–N with tert-alkyl or cyclic N) is 2. The summed E-state index contributed by atoms with van der Waals surface area (Å²) in [5.74, 6) is 1.39. The smallest absolute Gasteiger partial charge is 0.227 e. The number of aromatic nitrogens is 3. The maximum absolute atomic E-state index is 9.18. The van der Waals surface area contributed by atoms with Gasteiger partial charge in [-0.05, 0) is 48.9 Å². The highest BCUT2D eigenvalue weighted by molar-refractivity contribution is 5.62. The maximum atomic E-state index is 9.18. The number of rotatable bonds is 13. The van der Waals surface area contributed by atoms with E-state index in [4.69, 9.17) is 4.98 Å². The highest BCUT2D eigenvalue weighted by Gasteiger charge is 2.18. The van der Waals surface area contributed by atoms with Gasteiger partial charge in [0.05, 0.1) is 5.69 Å². The standard InChI is InChI=1S/C28H40N8O2/c1-21(2)29-10-4-11-30-26-8-7-23(18-32-26)25-9-12-31-28(34-25)33-24-6-3-5-22(17-24)19-35-13-15-36(16-14-35)20-27(37)38/h3,5-9,12,17-18,21,27,29,37-38H,4,10-11,13-16,19-20H2,1-2H3,(H,30,32)(H,31,33,34). The number of pyridine rings is 1. The van der Waals surface area contributed by atoms with Crippen molar-refractivity contribution in [3.05, 3.63) is 60.4 Å². The van der Waals surface area contributed by atoms with Gasteiger partial charge in [0.25, 0.3) is 0 Å². The molecule has 3 heterocycles. The van der Waals surface area contributed by atoms with Crippen LogP contribution in [-0.2, 0) is 6.54 Å². The Morgan fingerprint density at radius 3 is 2.50 bits per heavy atom. The van der Waals surface area contributed by atoms with E-state index in [2.05, 4.69) is 61.7 Å². The average molecular weight is 521 g/mol. The number of nitrogens with zero attached hydrogens (tertiary/aromatic N) is 5. The van der Waals surface area contributed by atoms with Crippen LogP contribution in [0.2, 0.25) is 0 Å². The second kappa shape index (κ2) is 14.1. The number of anilines is 3. The first kappa shape index (κ1) is 27.9. The second-order valence-electron chi connectivity index (χ2n) is 9.97. The van der Waals surface area contributed by atoms with Crippen molar-refractivity contribution < 1.29 is 10.2 Å². The van der Waals surface area contributed by atoms with Crippen LogP contribution < -0.4 is 16.0 Å². The lowest BCUT2D eigenvalue weighted by Crippen LogP contribution is -2.48. The molecule has 38 heavy (non-hydrogen) atoms. The van der Waals surface area contributed by atoms with Crippen LogP contribution in [0.3, 0.4) is 0 Å². The van der Waals surface area contributed by atoms with Crippen molar-refractivity contribution in [2.24, 2.45) is 0 Å². The fraction of sp³-hybridized carbons (Fsp3) is 0.464. The molecule has 3 aromatic rings. The van der Waals surface area contributed by atoms with Crippen LogP contribution in [-0.4, -0.2) is 93.1 Å². The molecule has 204 valence electrons. The summed E-state index contributed by atoms with van der Waals surface area (Å²) in [7, 11) is 0. The summed E-state index contributed by atoms with van der Waals surface area (Å²) in [5, 5.41) is 28.5. The zero-order valence-corrected chi connectivity index (χ0v) is 22.3. The number of aliphatic hydroxyl groups excluding tert-OH is 1. The molecule has 0 amide bonds. The summed E-state index contributed by atoms with van der Waals surface area (Å²) in [6.45, 7) is 10.8. The average Bonchev–Trinajstić information content (AvgIpc) is 2.90. The Balaban J connectivity index is 1.29. The van der Waals surface area contributed by atoms with Crippen molar-refractivity contribution in [3.63, 3.8) is 0 Å². The van der Waals surface area contributed by atoms with E-state index in [9.17, 15) is 10.2 Å². The van der Waals surface area contributed by atoms with Gasteiger partial charge in [-0.3, -0.25) is 9.80 Å². The Morgan fingerprint density at radius 1 is 0.947 bits per heavy atom. The third-order valence-corrected chi connectivity index (χ3v) is 6.40. The van der Waals surface area contributed by atoms with Crippen LogP contribution in [0.1, 0.15) is 25.8 Å². The molecule has 0 atom stereocenters. The first-order valence-electron chi connectivity index (χ1n) is 13.4. The molecule has 1 aromatic carbocycles. The number of benzene rings is 1. The van der Waals surface area contributed by atoms with Gasteiger partial charge in [-0.1, -0.05) is 26.0 Å². The summed E-state index contributed by atoms with van der Waals surface area (Å²) in [6, 6.07) is 14.7. The van der Waals surface area contributed by atoms with Crippen LogP contribution in [0.15, 0.2) is 54.9 Å². The number of aliphatic hydroxyl groups is 2. The molecule has 2 aromatic heterocycles. The lowest BCUT2D eigenvalue weighted by Gasteiger charge is -2.35. The SMILES string of the molecule is CC(C)NCCCNc1ccc(-c2ccnc(Nc3cccc(CN4CCN(CC(O)O)CC4)c3)n2)cn1. The molecule has 0 saturated carbocycles. The quantitative estimate of drug-likeness (QED) is 0.170. The Bertz CT molecular complexity index is 1120. The fourth-order valence-corrected chi connectivity index (χ4v) is 4.42. The molecule has 10 heteroatoms. The maximum Gasteiger partial charge on any atom is 0.227 e. The number of hydrogen-bond donors (Lipinski definition) is 5. The van der Waals surface area contributed by atoms with E-state index in [0.29, 0.717) is 18.5 Å². The first-order valence-corrected chi connectivity index (χ1v) is 13.4. The number of nitrogens with one attached hydrogen (secondary N) is 3. The van der Waals surface area contributed by atoms with Gasteiger partial charge in [0.2, 0.25) is 5.95 Å². The van der Waals surface area contributed by atoms with Crippen molar-refractivity contribution in [1.29, 1.82) is 0 Å². The van der Waals surface area contributed by atoms with Gasteiger partial charge in [-0.25, -0.2) is 15.0 Å². The van der Waals surface area contributed by atoms with Gasteiger partial charge in [0.1, 0.15) is 5.82 Å². The van der Waals surface area contributed by atoms with E-state index in [-0.39, 0.29) is 0 Å². The highest BCUT2D eigenvalue weighted by atomic mass is 16.5. The van der Waals surface area contributed by atoms with Gasteiger partial charge in [-0.2, -0.15) is 0 Å². The monoisotopic (exact) mass is 520 g/mol. The number of hydrogen-bond acceptors (Lipinski definition) is 10. The molecule has 0 aliphatic carbocycles. The zero-order valence-electron chi connectivity index (χ0n) is 22.3. The van der Waals surface area contributed by atoms with Crippen LogP contribution in [0, 0.1) is 0 Å². The Kier molecular flexibility index (Phi) is 10.4. The van der Waals surface area contributed by atoms with Gasteiger partial charge in [0, 0.05) is 75.5 Å². The molecule has 1 aliphatic heterocycles. The van der Waals surface area contributed by atoms with Crippen LogP contribution in [0.4, 0.5) is 17.5 Å². The second-order valence-corrected chi connectivity index (χ2v) is 9.97. The minimum absolute atomic E-state index is 0.305. The third-order valence-electron chi connectivity index (χ3n) is 6.40. The van der Waals surface area contributed by atoms with Crippen molar-refractivity contribution >= 4 is 17.5 Å². The molecule has 5 N–H and O–H groups in total. The Labute approximate surface area is 225 Å². The normalized spacial score (nSPS) is 14.8. The highest BCUT2D eigenvalue weighted by Crippen LogP contribution is 2.21. The van der Waals surface area contributed by atoms with Crippen molar-refractivity contribution in [2.45, 2.75) is 39.1 Å². The van der Waals surface area contributed by atoms with E-state index in [1.807, 2.05) is 36.5 Å². The summed E-state index contributed by atoms with van der Waals surface area (Å²) >= 11 is 0. The minimum atomic E-state index is -1.27. The lowest BCUT2D eigenvalue weighted by molar-refractivity contribution is -0.0674. The van der Waals surface area contributed by atoms with Crippen molar-refractivity contribution in [3.8, 4) is 11.3 Å². The van der Waals surface area contributed by atoms with Gasteiger partial charge in [-0.15, -0.1) is 0 Å². The molecule has 0 spiro atoms. The largest absolute Gasteiger partial charge is 0.370 e. The van der Waals surface area contributed by atoms with Gasteiger partial charge in [0.15, 0.2) is 6.29 Å². The molecule has 1 saturated heterocycles. The summed E-state index contributed by atoms with van der Waals surface area (Å²) in [4.78, 5) is 18.1. The predicted molar refractivity (Wildman–Crippen MR) is 151 cm³/mol. The molecule has 0 unspecified atom stereocenters. The van der Waals surface area contributed by atoms with Crippen molar-refractivity contribution in [2.75, 3.05) is 56.4 Å². The molecule has 0 bridgehead atoms. The molecular formula is C28H40N8O2. The van der Waals surface area contributed by atoms with E-state index in [1.165, 1.54) is 5.56 Å².